The van der Waals surface area contributed by atoms with Crippen LogP contribution in [0.5, 0.6) is 0 Å². The third-order valence-corrected chi connectivity index (χ3v) is 6.42. The molecule has 5 rings (SSSR count). The normalized spacial score (nSPS) is 18.1. The van der Waals surface area contributed by atoms with Crippen LogP contribution in [0, 0.1) is 11.3 Å². The Morgan fingerprint density at radius 1 is 1.09 bits per heavy atom. The maximum Gasteiger partial charge on any atom is 0.155 e. The molecule has 3 aromatic rings. The van der Waals surface area contributed by atoms with Gasteiger partial charge >= 0.3 is 0 Å². The molecule has 0 unspecified atom stereocenters. The number of piperidine rings is 1. The van der Waals surface area contributed by atoms with E-state index in [1.54, 1.807) is 30.6 Å². The smallest absolute Gasteiger partial charge is 0.155 e. The summed E-state index contributed by atoms with van der Waals surface area (Å²) < 4.78 is 16.9. The zero-order valence-corrected chi connectivity index (χ0v) is 17.8. The van der Waals surface area contributed by atoms with E-state index in [0.29, 0.717) is 18.5 Å². The molecule has 0 radical (unpaired) electrons. The number of nitrogens with two attached hydrogens (primary N) is 1. The summed E-state index contributed by atoms with van der Waals surface area (Å²) in [7, 11) is 0. The standard InChI is InChI=1S/C25H25FN6/c26-22-11-19(5-6-20(22)15-31-9-7-21(28)8-10-31)23-16-32-24(13-30-25(32)14-29-23)18-3-1-17(12-27)2-4-18/h1-4,11,13-14,16,21H,5-10,15,28H2. The first-order chi connectivity index (χ1) is 15.6. The minimum Gasteiger partial charge on any atom is -0.328 e. The predicted octanol–water partition coefficient (Wildman–Crippen LogP) is 4.09. The van der Waals surface area contributed by atoms with Crippen LogP contribution in [0.25, 0.3) is 22.5 Å². The summed E-state index contributed by atoms with van der Waals surface area (Å²) in [6.07, 6.45) is 10.5. The monoisotopic (exact) mass is 428 g/mol. The lowest BCUT2D eigenvalue weighted by atomic mass is 9.94. The summed E-state index contributed by atoms with van der Waals surface area (Å²) in [5.41, 5.74) is 11.7. The van der Waals surface area contributed by atoms with E-state index in [2.05, 4.69) is 20.9 Å². The highest BCUT2D eigenvalue weighted by atomic mass is 19.1. The largest absolute Gasteiger partial charge is 0.328 e. The number of benzene rings is 1. The Bertz CT molecular complexity index is 1240. The van der Waals surface area contributed by atoms with E-state index >= 15 is 0 Å². The average Bonchev–Trinajstić information content (AvgIpc) is 3.25. The second kappa shape index (κ2) is 8.65. The van der Waals surface area contributed by atoms with Crippen molar-refractivity contribution in [1.29, 1.82) is 5.26 Å². The molecule has 0 bridgehead atoms. The highest BCUT2D eigenvalue weighted by molar-refractivity contribution is 5.69. The molecule has 2 aliphatic rings. The highest BCUT2D eigenvalue weighted by Gasteiger charge is 2.21. The van der Waals surface area contributed by atoms with Crippen LogP contribution in [0.3, 0.4) is 0 Å². The number of hydrogen-bond donors (Lipinski definition) is 1. The van der Waals surface area contributed by atoms with E-state index in [-0.39, 0.29) is 11.9 Å². The van der Waals surface area contributed by atoms with Crippen molar-refractivity contribution in [3.8, 4) is 17.3 Å². The molecule has 1 aliphatic heterocycles. The number of halogens is 1. The number of rotatable bonds is 4. The lowest BCUT2D eigenvalue weighted by molar-refractivity contribution is 0.226. The fourth-order valence-electron chi connectivity index (χ4n) is 4.45. The van der Waals surface area contributed by atoms with E-state index in [1.807, 2.05) is 22.7 Å². The van der Waals surface area contributed by atoms with Gasteiger partial charge in [-0.3, -0.25) is 14.3 Å². The van der Waals surface area contributed by atoms with E-state index in [9.17, 15) is 4.39 Å². The molecular weight excluding hydrogens is 403 g/mol. The Hall–Kier alpha value is -3.34. The molecule has 2 N–H and O–H groups in total. The number of likely N-dealkylation sites (tertiary alicyclic amines) is 1. The van der Waals surface area contributed by atoms with Gasteiger partial charge in [-0.15, -0.1) is 0 Å². The Balaban J connectivity index is 1.41. The summed E-state index contributed by atoms with van der Waals surface area (Å²) in [6.45, 7) is 2.55. The molecular formula is C25H25FN6. The van der Waals surface area contributed by atoms with Gasteiger partial charge in [-0.1, -0.05) is 12.1 Å². The molecule has 6 nitrogen and oxygen atoms in total. The highest BCUT2D eigenvalue weighted by Crippen LogP contribution is 2.32. The van der Waals surface area contributed by atoms with E-state index in [1.165, 1.54) is 0 Å². The van der Waals surface area contributed by atoms with Crippen LogP contribution >= 0.6 is 0 Å². The van der Waals surface area contributed by atoms with Gasteiger partial charge in [0.1, 0.15) is 5.83 Å². The van der Waals surface area contributed by atoms with Crippen LogP contribution in [0.15, 0.2) is 60.3 Å². The summed E-state index contributed by atoms with van der Waals surface area (Å²) in [6, 6.07) is 9.81. The second-order valence-electron chi connectivity index (χ2n) is 8.57. The average molecular weight is 429 g/mol. The summed E-state index contributed by atoms with van der Waals surface area (Å²) in [5.74, 6) is -0.138. The molecule has 1 aromatic carbocycles. The molecule has 32 heavy (non-hydrogen) atoms. The number of aromatic nitrogens is 3. The first-order valence-electron chi connectivity index (χ1n) is 11.0. The molecule has 1 fully saturated rings. The third kappa shape index (κ3) is 4.07. The van der Waals surface area contributed by atoms with Crippen molar-refractivity contribution in [3.63, 3.8) is 0 Å². The lowest BCUT2D eigenvalue weighted by Gasteiger charge is -2.31. The van der Waals surface area contributed by atoms with Crippen LogP contribution in [0.4, 0.5) is 4.39 Å². The molecule has 2 aromatic heterocycles. The molecule has 0 spiro atoms. The maximum absolute atomic E-state index is 15.0. The molecule has 1 saturated heterocycles. The number of nitriles is 1. The fourth-order valence-corrected chi connectivity index (χ4v) is 4.45. The van der Waals surface area contributed by atoms with Gasteiger partial charge in [0.05, 0.1) is 35.4 Å². The molecule has 3 heterocycles. The van der Waals surface area contributed by atoms with Gasteiger partial charge in [-0.2, -0.15) is 5.26 Å². The van der Waals surface area contributed by atoms with Crippen LogP contribution in [-0.2, 0) is 0 Å². The quantitative estimate of drug-likeness (QED) is 0.677. The summed E-state index contributed by atoms with van der Waals surface area (Å²) in [4.78, 5) is 11.3. The molecule has 162 valence electrons. The van der Waals surface area contributed by atoms with Crippen molar-refractivity contribution in [3.05, 3.63) is 71.6 Å². The number of hydrogen-bond acceptors (Lipinski definition) is 5. The van der Waals surface area contributed by atoms with E-state index in [4.69, 9.17) is 11.0 Å². The fraction of sp³-hybridized carbons (Fsp3) is 0.320. The number of allylic oxidation sites excluding steroid dienone is 3. The lowest BCUT2D eigenvalue weighted by Crippen LogP contribution is -2.40. The van der Waals surface area contributed by atoms with E-state index in [0.717, 1.165) is 66.1 Å². The molecule has 0 atom stereocenters. The van der Waals surface area contributed by atoms with Crippen LogP contribution in [0.1, 0.15) is 36.9 Å². The van der Waals surface area contributed by atoms with Crippen LogP contribution in [0.2, 0.25) is 0 Å². The molecule has 0 saturated carbocycles. The van der Waals surface area contributed by atoms with Crippen molar-refractivity contribution in [2.24, 2.45) is 5.73 Å². The van der Waals surface area contributed by atoms with Crippen molar-refractivity contribution in [1.82, 2.24) is 19.3 Å². The first kappa shape index (κ1) is 20.6. The van der Waals surface area contributed by atoms with Gasteiger partial charge in [0, 0.05) is 24.3 Å². The number of fused-ring (bicyclic) bond motifs is 1. The van der Waals surface area contributed by atoms with Gasteiger partial charge < -0.3 is 5.73 Å². The zero-order valence-electron chi connectivity index (χ0n) is 17.8. The Morgan fingerprint density at radius 2 is 1.88 bits per heavy atom. The van der Waals surface area contributed by atoms with Gasteiger partial charge in [0.2, 0.25) is 0 Å². The topological polar surface area (TPSA) is 83.2 Å². The van der Waals surface area contributed by atoms with E-state index < -0.39 is 0 Å². The van der Waals surface area contributed by atoms with Gasteiger partial charge in [-0.05, 0) is 68.1 Å². The van der Waals surface area contributed by atoms with Crippen molar-refractivity contribution in [2.45, 2.75) is 31.7 Å². The SMILES string of the molecule is N#Cc1ccc(-c2cnc3cnc(C4=CC(F)=C(CN5CCC(N)CC5)CC4)cn23)cc1. The van der Waals surface area contributed by atoms with Crippen LogP contribution < -0.4 is 5.73 Å². The molecule has 0 amide bonds. The number of imidazole rings is 1. The Morgan fingerprint density at radius 3 is 2.59 bits per heavy atom. The third-order valence-electron chi connectivity index (χ3n) is 6.42. The minimum absolute atomic E-state index is 0.138. The van der Waals surface area contributed by atoms with Gasteiger partial charge in [0.15, 0.2) is 5.65 Å². The first-order valence-corrected chi connectivity index (χ1v) is 11.0. The summed E-state index contributed by atoms with van der Waals surface area (Å²) in [5, 5.41) is 9.03. The Labute approximate surface area is 186 Å². The van der Waals surface area contributed by atoms with Crippen molar-refractivity contribution >= 4 is 11.2 Å². The number of nitrogens with zero attached hydrogens (tertiary/aromatic N) is 5. The molecule has 1 aliphatic carbocycles. The Kier molecular flexibility index (Phi) is 5.56. The second-order valence-corrected chi connectivity index (χ2v) is 8.57. The summed E-state index contributed by atoms with van der Waals surface area (Å²) >= 11 is 0. The van der Waals surface area contributed by atoms with Gasteiger partial charge in [0.25, 0.3) is 0 Å². The minimum atomic E-state index is -0.138. The molecule has 7 heteroatoms. The van der Waals surface area contributed by atoms with Crippen molar-refractivity contribution in [2.75, 3.05) is 19.6 Å². The zero-order chi connectivity index (χ0) is 22.1. The van der Waals surface area contributed by atoms with Crippen LogP contribution in [-0.4, -0.2) is 44.9 Å². The van der Waals surface area contributed by atoms with Gasteiger partial charge in [-0.25, -0.2) is 9.37 Å². The van der Waals surface area contributed by atoms with Crippen molar-refractivity contribution < 1.29 is 4.39 Å². The maximum atomic E-state index is 15.0. The predicted molar refractivity (Wildman–Crippen MR) is 122 cm³/mol.